The van der Waals surface area contributed by atoms with E-state index in [-0.39, 0.29) is 5.78 Å². The van der Waals surface area contributed by atoms with Gasteiger partial charge in [-0.25, -0.2) is 0 Å². The number of hydrogen-bond acceptors (Lipinski definition) is 3. The molecule has 0 saturated carbocycles. The standard InChI is InChI=1S/C15H13NO2S/c1-9-3-4-13-11(5-9)12(7-16-13)15(17)14-6-10(18-2)8-19-14/h3-8,16H,1-2H3. The topological polar surface area (TPSA) is 42.1 Å². The summed E-state index contributed by atoms with van der Waals surface area (Å²) in [6, 6.07) is 7.84. The summed E-state index contributed by atoms with van der Waals surface area (Å²) >= 11 is 1.40. The van der Waals surface area contributed by atoms with Crippen molar-refractivity contribution in [2.45, 2.75) is 6.92 Å². The molecule has 0 fully saturated rings. The summed E-state index contributed by atoms with van der Waals surface area (Å²) in [6.45, 7) is 2.02. The van der Waals surface area contributed by atoms with Crippen LogP contribution in [0.4, 0.5) is 0 Å². The molecule has 0 amide bonds. The van der Waals surface area contributed by atoms with Crippen molar-refractivity contribution in [2.24, 2.45) is 0 Å². The highest BCUT2D eigenvalue weighted by molar-refractivity contribution is 7.12. The van der Waals surface area contributed by atoms with Crippen molar-refractivity contribution in [2.75, 3.05) is 7.11 Å². The number of carbonyl (C=O) groups excluding carboxylic acids is 1. The number of methoxy groups -OCH3 is 1. The lowest BCUT2D eigenvalue weighted by atomic mass is 10.1. The number of aromatic amines is 1. The van der Waals surface area contributed by atoms with E-state index < -0.39 is 0 Å². The van der Waals surface area contributed by atoms with E-state index in [9.17, 15) is 4.79 Å². The monoisotopic (exact) mass is 271 g/mol. The van der Waals surface area contributed by atoms with Crippen molar-refractivity contribution >= 4 is 28.0 Å². The fraction of sp³-hybridized carbons (Fsp3) is 0.133. The molecule has 96 valence electrons. The zero-order valence-corrected chi connectivity index (χ0v) is 11.5. The van der Waals surface area contributed by atoms with Crippen LogP contribution in [0.5, 0.6) is 5.75 Å². The summed E-state index contributed by atoms with van der Waals surface area (Å²) in [4.78, 5) is 16.3. The number of carbonyl (C=O) groups is 1. The van der Waals surface area contributed by atoms with Gasteiger partial charge in [-0.15, -0.1) is 11.3 Å². The Morgan fingerprint density at radius 3 is 2.89 bits per heavy atom. The van der Waals surface area contributed by atoms with Gasteiger partial charge in [0.05, 0.1) is 12.0 Å². The van der Waals surface area contributed by atoms with Crippen LogP contribution in [0.1, 0.15) is 20.8 Å². The van der Waals surface area contributed by atoms with E-state index in [1.807, 2.05) is 30.5 Å². The minimum absolute atomic E-state index is 0.0325. The Kier molecular flexibility index (Phi) is 2.87. The third-order valence-electron chi connectivity index (χ3n) is 3.12. The first-order valence-electron chi connectivity index (χ1n) is 5.94. The van der Waals surface area contributed by atoms with E-state index in [0.29, 0.717) is 10.4 Å². The molecule has 3 nitrogen and oxygen atoms in total. The van der Waals surface area contributed by atoms with Crippen molar-refractivity contribution in [3.63, 3.8) is 0 Å². The number of aromatic nitrogens is 1. The molecule has 4 heteroatoms. The molecule has 2 aromatic heterocycles. The van der Waals surface area contributed by atoms with Crippen LogP contribution in [0.3, 0.4) is 0 Å². The highest BCUT2D eigenvalue weighted by Crippen LogP contribution is 2.27. The van der Waals surface area contributed by atoms with Gasteiger partial charge in [0, 0.05) is 34.1 Å². The number of hydrogen-bond donors (Lipinski definition) is 1. The zero-order chi connectivity index (χ0) is 13.4. The van der Waals surface area contributed by atoms with Gasteiger partial charge < -0.3 is 9.72 Å². The molecule has 2 heterocycles. The maximum absolute atomic E-state index is 12.5. The lowest BCUT2D eigenvalue weighted by Gasteiger charge is -1.97. The first kappa shape index (κ1) is 12.0. The minimum atomic E-state index is 0.0325. The Labute approximate surface area is 114 Å². The van der Waals surface area contributed by atoms with Gasteiger partial charge in [0.1, 0.15) is 5.75 Å². The van der Waals surface area contributed by atoms with Crippen molar-refractivity contribution in [1.82, 2.24) is 4.98 Å². The molecular weight excluding hydrogens is 258 g/mol. The normalized spacial score (nSPS) is 10.8. The molecule has 0 radical (unpaired) electrons. The van der Waals surface area contributed by atoms with Crippen LogP contribution in [0.25, 0.3) is 10.9 Å². The number of benzene rings is 1. The highest BCUT2D eigenvalue weighted by atomic mass is 32.1. The van der Waals surface area contributed by atoms with Gasteiger partial charge in [0.2, 0.25) is 5.78 Å². The lowest BCUT2D eigenvalue weighted by Crippen LogP contribution is -1.97. The predicted molar refractivity (Wildman–Crippen MR) is 77.3 cm³/mol. The van der Waals surface area contributed by atoms with Gasteiger partial charge >= 0.3 is 0 Å². The number of ether oxygens (including phenoxy) is 1. The Balaban J connectivity index is 2.08. The number of rotatable bonds is 3. The number of thiophene rings is 1. The molecule has 1 N–H and O–H groups in total. The quantitative estimate of drug-likeness (QED) is 0.737. The molecule has 1 aromatic carbocycles. The van der Waals surface area contributed by atoms with E-state index in [2.05, 4.69) is 4.98 Å². The molecule has 0 unspecified atom stereocenters. The summed E-state index contributed by atoms with van der Waals surface area (Å²) < 4.78 is 5.12. The fourth-order valence-electron chi connectivity index (χ4n) is 2.10. The maximum Gasteiger partial charge on any atom is 0.205 e. The average Bonchev–Trinajstić information content (AvgIpc) is 3.04. The molecular formula is C15H13NO2S. The number of aryl methyl sites for hydroxylation is 1. The van der Waals surface area contributed by atoms with Crippen LogP contribution in [0.15, 0.2) is 35.8 Å². The SMILES string of the molecule is COc1csc(C(=O)c2c[nH]c3ccc(C)cc23)c1. The van der Waals surface area contributed by atoms with Crippen LogP contribution < -0.4 is 4.74 Å². The summed E-state index contributed by atoms with van der Waals surface area (Å²) in [7, 11) is 1.60. The third-order valence-corrected chi connectivity index (χ3v) is 4.02. The minimum Gasteiger partial charge on any atom is -0.496 e. The van der Waals surface area contributed by atoms with Crippen LogP contribution >= 0.6 is 11.3 Å². The third kappa shape index (κ3) is 2.04. The fourth-order valence-corrected chi connectivity index (χ4v) is 2.91. The Morgan fingerprint density at radius 1 is 1.32 bits per heavy atom. The first-order valence-corrected chi connectivity index (χ1v) is 6.82. The van der Waals surface area contributed by atoms with E-state index in [0.717, 1.165) is 22.2 Å². The first-order chi connectivity index (χ1) is 9.19. The average molecular weight is 271 g/mol. The van der Waals surface area contributed by atoms with Crippen LogP contribution in [0.2, 0.25) is 0 Å². The van der Waals surface area contributed by atoms with Gasteiger partial charge in [-0.05, 0) is 19.1 Å². The molecule has 3 aromatic rings. The molecule has 0 bridgehead atoms. The van der Waals surface area contributed by atoms with Gasteiger partial charge in [-0.2, -0.15) is 0 Å². The molecule has 0 aliphatic carbocycles. The Morgan fingerprint density at radius 2 is 2.16 bits per heavy atom. The van der Waals surface area contributed by atoms with Crippen molar-refractivity contribution in [1.29, 1.82) is 0 Å². The Hall–Kier alpha value is -2.07. The van der Waals surface area contributed by atoms with Crippen molar-refractivity contribution in [3.8, 4) is 5.75 Å². The van der Waals surface area contributed by atoms with E-state index in [4.69, 9.17) is 4.74 Å². The summed E-state index contributed by atoms with van der Waals surface area (Å²) in [6.07, 6.45) is 1.78. The van der Waals surface area contributed by atoms with Crippen molar-refractivity contribution < 1.29 is 9.53 Å². The van der Waals surface area contributed by atoms with Gasteiger partial charge in [-0.1, -0.05) is 11.6 Å². The molecule has 0 atom stereocenters. The molecule has 0 aliphatic heterocycles. The van der Waals surface area contributed by atoms with E-state index >= 15 is 0 Å². The largest absolute Gasteiger partial charge is 0.496 e. The van der Waals surface area contributed by atoms with Crippen molar-refractivity contribution in [3.05, 3.63) is 51.8 Å². The maximum atomic E-state index is 12.5. The summed E-state index contributed by atoms with van der Waals surface area (Å²) in [5.74, 6) is 0.759. The molecule has 19 heavy (non-hydrogen) atoms. The second-order valence-corrected chi connectivity index (χ2v) is 5.34. The van der Waals surface area contributed by atoms with Gasteiger partial charge in [0.15, 0.2) is 0 Å². The molecule has 0 aliphatic rings. The van der Waals surface area contributed by atoms with Gasteiger partial charge in [0.25, 0.3) is 0 Å². The van der Waals surface area contributed by atoms with Gasteiger partial charge in [-0.3, -0.25) is 4.79 Å². The van der Waals surface area contributed by atoms with E-state index in [1.54, 1.807) is 19.4 Å². The van der Waals surface area contributed by atoms with Crippen LogP contribution in [0, 0.1) is 6.92 Å². The molecule has 0 spiro atoms. The summed E-state index contributed by atoms with van der Waals surface area (Å²) in [5.41, 5.74) is 2.84. The number of nitrogens with one attached hydrogen (secondary N) is 1. The zero-order valence-electron chi connectivity index (χ0n) is 10.7. The molecule has 0 saturated heterocycles. The second kappa shape index (κ2) is 4.55. The lowest BCUT2D eigenvalue weighted by molar-refractivity contribution is 0.104. The molecule has 3 rings (SSSR count). The highest BCUT2D eigenvalue weighted by Gasteiger charge is 2.16. The number of H-pyrrole nitrogens is 1. The second-order valence-electron chi connectivity index (χ2n) is 4.43. The smallest absolute Gasteiger partial charge is 0.205 e. The number of fused-ring (bicyclic) bond motifs is 1. The van der Waals surface area contributed by atoms with E-state index in [1.165, 1.54) is 11.3 Å². The number of ketones is 1. The predicted octanol–water partition coefficient (Wildman–Crippen LogP) is 3.78. The summed E-state index contributed by atoms with van der Waals surface area (Å²) in [5, 5.41) is 2.81. The Bertz CT molecular complexity index is 754. The van der Waals surface area contributed by atoms with Crippen LogP contribution in [-0.4, -0.2) is 17.9 Å². The van der Waals surface area contributed by atoms with Crippen LogP contribution in [-0.2, 0) is 0 Å².